The topological polar surface area (TPSA) is 80.6 Å². The molecule has 2 heterocycles. The van der Waals surface area contributed by atoms with Gasteiger partial charge in [-0.1, -0.05) is 48.0 Å². The van der Waals surface area contributed by atoms with Crippen molar-refractivity contribution in [3.8, 4) is 5.75 Å². The minimum atomic E-state index is -0.497. The quantitative estimate of drug-likeness (QED) is 0.295. The average Bonchev–Trinajstić information content (AvgIpc) is 3.37. The van der Waals surface area contributed by atoms with E-state index in [0.717, 1.165) is 38.7 Å². The van der Waals surface area contributed by atoms with E-state index in [4.69, 9.17) is 16.3 Å². The Morgan fingerprint density at radius 3 is 2.51 bits per heavy atom. The van der Waals surface area contributed by atoms with E-state index < -0.39 is 17.1 Å². The summed E-state index contributed by atoms with van der Waals surface area (Å²) in [5.41, 5.74) is 3.29. The second-order valence-electron chi connectivity index (χ2n) is 8.37. The molecule has 0 bridgehead atoms. The Balaban J connectivity index is 1.36. The molecule has 5 rings (SSSR count). The zero-order valence-electron chi connectivity index (χ0n) is 19.8. The van der Waals surface area contributed by atoms with E-state index >= 15 is 0 Å². The summed E-state index contributed by atoms with van der Waals surface area (Å²) in [7, 11) is 1.55. The van der Waals surface area contributed by atoms with Gasteiger partial charge in [-0.25, -0.2) is 0 Å². The van der Waals surface area contributed by atoms with Gasteiger partial charge in [0.25, 0.3) is 11.1 Å². The van der Waals surface area contributed by atoms with Crippen LogP contribution in [0.3, 0.4) is 0 Å². The Bertz CT molecular complexity index is 1540. The van der Waals surface area contributed by atoms with Crippen LogP contribution in [0.15, 0.2) is 83.9 Å². The van der Waals surface area contributed by atoms with E-state index in [9.17, 15) is 14.4 Å². The third kappa shape index (κ3) is 5.26. The van der Waals surface area contributed by atoms with Crippen LogP contribution in [0.4, 0.5) is 10.5 Å². The number of benzene rings is 3. The number of ether oxygens (including phenoxy) is 1. The normalized spacial score (nSPS) is 14.5. The first kappa shape index (κ1) is 24.7. The van der Waals surface area contributed by atoms with Crippen molar-refractivity contribution >= 4 is 63.1 Å². The monoisotopic (exact) mass is 531 g/mol. The summed E-state index contributed by atoms with van der Waals surface area (Å²) < 4.78 is 7.17. The van der Waals surface area contributed by atoms with Crippen molar-refractivity contribution in [2.24, 2.45) is 0 Å². The maximum absolute atomic E-state index is 13.1. The molecule has 0 unspecified atom stereocenters. The number of carbonyl (C=O) groups is 3. The first-order valence-corrected chi connectivity index (χ1v) is 12.6. The molecule has 0 spiro atoms. The lowest BCUT2D eigenvalue weighted by Crippen LogP contribution is -2.36. The Morgan fingerprint density at radius 1 is 1.03 bits per heavy atom. The van der Waals surface area contributed by atoms with Crippen LogP contribution in [0.2, 0.25) is 5.02 Å². The summed E-state index contributed by atoms with van der Waals surface area (Å²) in [5.74, 6) is -0.310. The number of anilines is 1. The molecule has 1 aliphatic rings. The molecule has 186 valence electrons. The minimum absolute atomic E-state index is 0.267. The third-order valence-corrected chi connectivity index (χ3v) is 7.23. The average molecular weight is 532 g/mol. The molecule has 0 aliphatic carbocycles. The molecule has 3 amide bonds. The van der Waals surface area contributed by atoms with Gasteiger partial charge in [0, 0.05) is 39.9 Å². The van der Waals surface area contributed by atoms with Crippen molar-refractivity contribution < 1.29 is 19.1 Å². The molecule has 1 saturated heterocycles. The summed E-state index contributed by atoms with van der Waals surface area (Å²) in [6.45, 7) is 0.184. The first-order chi connectivity index (χ1) is 17.9. The molecule has 9 heteroatoms. The van der Waals surface area contributed by atoms with E-state index in [1.54, 1.807) is 37.5 Å². The number of nitrogens with one attached hydrogen (secondary N) is 1. The fourth-order valence-corrected chi connectivity index (χ4v) is 5.15. The van der Waals surface area contributed by atoms with E-state index in [0.29, 0.717) is 23.0 Å². The van der Waals surface area contributed by atoms with Crippen LogP contribution in [-0.4, -0.2) is 40.2 Å². The standard InChI is InChI=1S/C28H22ClN3O4S/c1-36-21-12-10-20(11-13-21)30-26(33)17-32-27(34)25(37-28(32)35)14-19-16-31(24-9-5-3-7-22(19)24)15-18-6-2-4-8-23(18)29/h2-14,16H,15,17H2,1H3,(H,30,33)/b25-14+. The Labute approximate surface area is 222 Å². The fourth-order valence-electron chi connectivity index (χ4n) is 4.13. The highest BCUT2D eigenvalue weighted by molar-refractivity contribution is 8.18. The minimum Gasteiger partial charge on any atom is -0.497 e. The van der Waals surface area contributed by atoms with Crippen LogP contribution in [-0.2, 0) is 16.1 Å². The number of thioether (sulfide) groups is 1. The van der Waals surface area contributed by atoms with E-state index in [2.05, 4.69) is 9.88 Å². The highest BCUT2D eigenvalue weighted by Gasteiger charge is 2.36. The number of amides is 3. The van der Waals surface area contributed by atoms with Crippen LogP contribution in [0.5, 0.6) is 5.75 Å². The SMILES string of the molecule is COc1ccc(NC(=O)CN2C(=O)S/C(=C/c3cn(Cc4ccccc4Cl)c4ccccc34)C2=O)cc1. The van der Waals surface area contributed by atoms with E-state index in [1.165, 1.54) is 0 Å². The highest BCUT2D eigenvalue weighted by Crippen LogP contribution is 2.34. The molecule has 37 heavy (non-hydrogen) atoms. The van der Waals surface area contributed by atoms with E-state index in [-0.39, 0.29) is 11.4 Å². The molecular formula is C28H22ClN3O4S. The lowest BCUT2D eigenvalue weighted by atomic mass is 10.1. The lowest BCUT2D eigenvalue weighted by Gasteiger charge is -2.12. The van der Waals surface area contributed by atoms with Crippen molar-refractivity contribution in [2.75, 3.05) is 19.0 Å². The number of carbonyl (C=O) groups excluding carboxylic acids is 3. The first-order valence-electron chi connectivity index (χ1n) is 11.4. The van der Waals surface area contributed by atoms with Gasteiger partial charge in [0.05, 0.1) is 12.0 Å². The molecule has 7 nitrogen and oxygen atoms in total. The van der Waals surface area contributed by atoms with Gasteiger partial charge < -0.3 is 14.6 Å². The second kappa shape index (κ2) is 10.5. The summed E-state index contributed by atoms with van der Waals surface area (Å²) in [6, 6.07) is 22.3. The van der Waals surface area contributed by atoms with Gasteiger partial charge in [0.15, 0.2) is 0 Å². The molecule has 1 aliphatic heterocycles. The largest absolute Gasteiger partial charge is 0.497 e. The number of fused-ring (bicyclic) bond motifs is 1. The molecular weight excluding hydrogens is 510 g/mol. The Kier molecular flexibility index (Phi) is 7.03. The van der Waals surface area contributed by atoms with Gasteiger partial charge in [0.2, 0.25) is 5.91 Å². The fraction of sp³-hybridized carbons (Fsp3) is 0.107. The van der Waals surface area contributed by atoms with Crippen molar-refractivity contribution in [3.63, 3.8) is 0 Å². The molecule has 1 N–H and O–H groups in total. The maximum Gasteiger partial charge on any atom is 0.294 e. The van der Waals surface area contributed by atoms with Gasteiger partial charge in [0.1, 0.15) is 12.3 Å². The van der Waals surface area contributed by atoms with Crippen LogP contribution in [0.1, 0.15) is 11.1 Å². The maximum atomic E-state index is 13.1. The molecule has 0 atom stereocenters. The summed E-state index contributed by atoms with van der Waals surface area (Å²) in [4.78, 5) is 39.4. The molecule has 0 radical (unpaired) electrons. The number of methoxy groups -OCH3 is 1. The molecule has 0 saturated carbocycles. The number of rotatable bonds is 7. The third-order valence-electron chi connectivity index (χ3n) is 5.95. The lowest BCUT2D eigenvalue weighted by molar-refractivity contribution is -0.127. The Hall–Kier alpha value is -4.01. The predicted octanol–water partition coefficient (Wildman–Crippen LogP) is 6.03. The van der Waals surface area contributed by atoms with Crippen LogP contribution >= 0.6 is 23.4 Å². The molecule has 3 aromatic carbocycles. The Morgan fingerprint density at radius 2 is 1.76 bits per heavy atom. The van der Waals surface area contributed by atoms with Gasteiger partial charge in [-0.2, -0.15) is 0 Å². The number of para-hydroxylation sites is 1. The summed E-state index contributed by atoms with van der Waals surface area (Å²) >= 11 is 7.20. The zero-order chi connectivity index (χ0) is 25.9. The van der Waals surface area contributed by atoms with Crippen LogP contribution < -0.4 is 10.1 Å². The van der Waals surface area contributed by atoms with Crippen molar-refractivity contribution in [1.82, 2.24) is 9.47 Å². The van der Waals surface area contributed by atoms with E-state index in [1.807, 2.05) is 54.7 Å². The zero-order valence-corrected chi connectivity index (χ0v) is 21.4. The number of hydrogen-bond acceptors (Lipinski definition) is 5. The van der Waals surface area contributed by atoms with Gasteiger partial charge in [-0.15, -0.1) is 0 Å². The summed E-state index contributed by atoms with van der Waals surface area (Å²) in [6.07, 6.45) is 3.65. The van der Waals surface area contributed by atoms with Crippen LogP contribution in [0, 0.1) is 0 Å². The predicted molar refractivity (Wildman–Crippen MR) is 147 cm³/mol. The van der Waals surface area contributed by atoms with Gasteiger partial charge >= 0.3 is 0 Å². The smallest absolute Gasteiger partial charge is 0.294 e. The number of halogens is 1. The second-order valence-corrected chi connectivity index (χ2v) is 9.77. The molecule has 1 aromatic heterocycles. The van der Waals surface area contributed by atoms with Gasteiger partial charge in [-0.3, -0.25) is 19.3 Å². The number of aromatic nitrogens is 1. The molecule has 4 aromatic rings. The summed E-state index contributed by atoms with van der Waals surface area (Å²) in [5, 5.41) is 3.83. The van der Waals surface area contributed by atoms with Crippen LogP contribution in [0.25, 0.3) is 17.0 Å². The number of hydrogen-bond donors (Lipinski definition) is 1. The van der Waals surface area contributed by atoms with Crippen molar-refractivity contribution in [3.05, 3.63) is 100 Å². The van der Waals surface area contributed by atoms with Gasteiger partial charge in [-0.05, 0) is 59.8 Å². The van der Waals surface area contributed by atoms with Crippen molar-refractivity contribution in [2.45, 2.75) is 6.54 Å². The van der Waals surface area contributed by atoms with Crippen molar-refractivity contribution in [1.29, 1.82) is 0 Å². The highest BCUT2D eigenvalue weighted by atomic mass is 35.5. The number of nitrogens with zero attached hydrogens (tertiary/aromatic N) is 2. The molecule has 1 fully saturated rings. The number of imide groups is 1.